The molecule has 1 aromatic carbocycles. The highest BCUT2D eigenvalue weighted by Crippen LogP contribution is 2.19. The summed E-state index contributed by atoms with van der Waals surface area (Å²) in [5, 5.41) is 3.16. The average Bonchev–Trinajstić information content (AvgIpc) is 2.80. The minimum atomic E-state index is 0.946. The van der Waals surface area contributed by atoms with Gasteiger partial charge < -0.3 is 10.3 Å². The third kappa shape index (κ3) is 2.25. The molecule has 0 atom stereocenters. The number of benzene rings is 1. The first kappa shape index (κ1) is 9.93. The zero-order valence-electron chi connectivity index (χ0n) is 8.83. The highest BCUT2D eigenvalue weighted by molar-refractivity contribution is 5.60. The molecular weight excluding hydrogens is 186 g/mol. The summed E-state index contributed by atoms with van der Waals surface area (Å²) in [7, 11) is 1.97. The van der Waals surface area contributed by atoms with E-state index < -0.39 is 0 Å². The molecule has 0 spiro atoms. The van der Waals surface area contributed by atoms with Crippen molar-refractivity contribution in [1.82, 2.24) is 15.3 Å². The molecule has 2 aromatic rings. The van der Waals surface area contributed by atoms with Crippen molar-refractivity contribution in [3.05, 3.63) is 42.2 Å². The quantitative estimate of drug-likeness (QED) is 0.792. The van der Waals surface area contributed by atoms with Gasteiger partial charge in [0.15, 0.2) is 0 Å². The third-order valence-electron chi connectivity index (χ3n) is 2.42. The van der Waals surface area contributed by atoms with Gasteiger partial charge in [0.2, 0.25) is 0 Å². The van der Waals surface area contributed by atoms with Gasteiger partial charge in [-0.25, -0.2) is 4.98 Å². The number of nitrogens with one attached hydrogen (secondary N) is 2. The number of aromatic amines is 1. The minimum Gasteiger partial charge on any atom is -0.345 e. The Morgan fingerprint density at radius 2 is 2.20 bits per heavy atom. The lowest BCUT2D eigenvalue weighted by molar-refractivity contribution is 0.792. The van der Waals surface area contributed by atoms with Gasteiger partial charge in [0.25, 0.3) is 0 Å². The third-order valence-corrected chi connectivity index (χ3v) is 2.42. The lowest BCUT2D eigenvalue weighted by Crippen LogP contribution is -2.10. The predicted molar refractivity (Wildman–Crippen MR) is 61.7 cm³/mol. The van der Waals surface area contributed by atoms with Gasteiger partial charge in [-0.15, -0.1) is 0 Å². The highest BCUT2D eigenvalue weighted by Gasteiger charge is 2.05. The van der Waals surface area contributed by atoms with Crippen LogP contribution in [0.2, 0.25) is 0 Å². The van der Waals surface area contributed by atoms with E-state index in [4.69, 9.17) is 0 Å². The van der Waals surface area contributed by atoms with Gasteiger partial charge in [-0.2, -0.15) is 0 Å². The summed E-state index contributed by atoms with van der Waals surface area (Å²) in [6.45, 7) is 0.984. The van der Waals surface area contributed by atoms with Gasteiger partial charge in [-0.1, -0.05) is 24.3 Å². The molecule has 3 heteroatoms. The lowest BCUT2D eigenvalue weighted by Gasteiger charge is -2.06. The maximum Gasteiger partial charge on any atom is 0.137 e. The van der Waals surface area contributed by atoms with Crippen LogP contribution >= 0.6 is 0 Å². The second-order valence-electron chi connectivity index (χ2n) is 3.45. The zero-order valence-corrected chi connectivity index (χ0v) is 8.83. The molecule has 1 heterocycles. The molecule has 0 amide bonds. The van der Waals surface area contributed by atoms with E-state index in [1.54, 1.807) is 6.20 Å². The Bertz CT molecular complexity index is 407. The van der Waals surface area contributed by atoms with Crippen LogP contribution in [0.5, 0.6) is 0 Å². The smallest absolute Gasteiger partial charge is 0.137 e. The van der Waals surface area contributed by atoms with Gasteiger partial charge in [0.05, 0.1) is 0 Å². The van der Waals surface area contributed by atoms with E-state index in [-0.39, 0.29) is 0 Å². The molecule has 0 aliphatic rings. The standard InChI is InChI=1S/C12H15N3/c1-13-7-6-10-4-2-3-5-11(10)12-14-8-9-15-12/h2-5,8-9,13H,6-7H2,1H3,(H,14,15). The normalized spacial score (nSPS) is 10.5. The SMILES string of the molecule is CNCCc1ccccc1-c1ncc[nH]1. The van der Waals surface area contributed by atoms with Crippen LogP contribution in [0, 0.1) is 0 Å². The molecule has 0 aliphatic heterocycles. The minimum absolute atomic E-state index is 0.946. The number of likely N-dealkylation sites (N-methyl/N-ethyl adjacent to an activating group) is 1. The number of rotatable bonds is 4. The van der Waals surface area contributed by atoms with E-state index in [1.165, 1.54) is 11.1 Å². The van der Waals surface area contributed by atoms with E-state index in [9.17, 15) is 0 Å². The molecule has 2 N–H and O–H groups in total. The Kier molecular flexibility index (Phi) is 3.15. The van der Waals surface area contributed by atoms with Crippen molar-refractivity contribution >= 4 is 0 Å². The molecule has 15 heavy (non-hydrogen) atoms. The van der Waals surface area contributed by atoms with E-state index in [2.05, 4.69) is 33.5 Å². The Morgan fingerprint density at radius 3 is 2.93 bits per heavy atom. The molecule has 0 aliphatic carbocycles. The van der Waals surface area contributed by atoms with Crippen LogP contribution in [0.1, 0.15) is 5.56 Å². The highest BCUT2D eigenvalue weighted by atomic mass is 14.9. The van der Waals surface area contributed by atoms with Crippen LogP contribution < -0.4 is 5.32 Å². The van der Waals surface area contributed by atoms with Crippen LogP contribution in [0.25, 0.3) is 11.4 Å². The number of hydrogen-bond acceptors (Lipinski definition) is 2. The van der Waals surface area contributed by atoms with Gasteiger partial charge >= 0.3 is 0 Å². The van der Waals surface area contributed by atoms with Crippen LogP contribution in [0.4, 0.5) is 0 Å². The Hall–Kier alpha value is -1.61. The first-order chi connectivity index (χ1) is 7.42. The van der Waals surface area contributed by atoms with E-state index in [0.29, 0.717) is 0 Å². The summed E-state index contributed by atoms with van der Waals surface area (Å²) >= 11 is 0. The molecule has 0 saturated heterocycles. The van der Waals surface area contributed by atoms with Crippen molar-refractivity contribution in [3.63, 3.8) is 0 Å². The van der Waals surface area contributed by atoms with Gasteiger partial charge in [-0.05, 0) is 25.6 Å². The van der Waals surface area contributed by atoms with Gasteiger partial charge in [0.1, 0.15) is 5.82 Å². The second kappa shape index (κ2) is 4.75. The molecule has 78 valence electrons. The van der Waals surface area contributed by atoms with Crippen molar-refractivity contribution in [2.45, 2.75) is 6.42 Å². The van der Waals surface area contributed by atoms with Crippen LogP contribution in [-0.4, -0.2) is 23.6 Å². The van der Waals surface area contributed by atoms with Crippen LogP contribution in [-0.2, 0) is 6.42 Å². The van der Waals surface area contributed by atoms with E-state index >= 15 is 0 Å². The van der Waals surface area contributed by atoms with Crippen molar-refractivity contribution < 1.29 is 0 Å². The molecule has 1 aromatic heterocycles. The number of imidazole rings is 1. The number of H-pyrrole nitrogens is 1. The number of hydrogen-bond donors (Lipinski definition) is 2. The fourth-order valence-corrected chi connectivity index (χ4v) is 1.64. The summed E-state index contributed by atoms with van der Waals surface area (Å²) in [4.78, 5) is 7.42. The molecule has 3 nitrogen and oxygen atoms in total. The van der Waals surface area contributed by atoms with Crippen LogP contribution in [0.3, 0.4) is 0 Å². The van der Waals surface area contributed by atoms with E-state index in [0.717, 1.165) is 18.8 Å². The summed E-state index contributed by atoms with van der Waals surface area (Å²) < 4.78 is 0. The Morgan fingerprint density at radius 1 is 1.33 bits per heavy atom. The summed E-state index contributed by atoms with van der Waals surface area (Å²) in [6, 6.07) is 8.36. The van der Waals surface area contributed by atoms with Gasteiger partial charge in [-0.3, -0.25) is 0 Å². The molecule has 0 bridgehead atoms. The first-order valence-electron chi connectivity index (χ1n) is 5.14. The lowest BCUT2D eigenvalue weighted by atomic mass is 10.0. The zero-order chi connectivity index (χ0) is 10.5. The maximum atomic E-state index is 4.28. The van der Waals surface area contributed by atoms with Gasteiger partial charge in [0, 0.05) is 18.0 Å². The fraction of sp³-hybridized carbons (Fsp3) is 0.250. The van der Waals surface area contributed by atoms with Crippen molar-refractivity contribution in [1.29, 1.82) is 0 Å². The number of aromatic nitrogens is 2. The van der Waals surface area contributed by atoms with Crippen molar-refractivity contribution in [3.8, 4) is 11.4 Å². The summed E-state index contributed by atoms with van der Waals surface area (Å²) in [5.41, 5.74) is 2.51. The van der Waals surface area contributed by atoms with Crippen molar-refractivity contribution in [2.24, 2.45) is 0 Å². The second-order valence-corrected chi connectivity index (χ2v) is 3.45. The van der Waals surface area contributed by atoms with Crippen LogP contribution in [0.15, 0.2) is 36.7 Å². The number of nitrogens with zero attached hydrogens (tertiary/aromatic N) is 1. The fourth-order valence-electron chi connectivity index (χ4n) is 1.64. The molecule has 2 rings (SSSR count). The predicted octanol–water partition coefficient (Wildman–Crippen LogP) is 1.84. The molecule has 0 radical (unpaired) electrons. The Balaban J connectivity index is 2.30. The maximum absolute atomic E-state index is 4.28. The first-order valence-corrected chi connectivity index (χ1v) is 5.14. The van der Waals surface area contributed by atoms with E-state index in [1.807, 2.05) is 19.3 Å². The summed E-state index contributed by atoms with van der Waals surface area (Å²) in [5.74, 6) is 0.946. The summed E-state index contributed by atoms with van der Waals surface area (Å²) in [6.07, 6.45) is 4.65. The topological polar surface area (TPSA) is 40.7 Å². The Labute approximate surface area is 89.6 Å². The monoisotopic (exact) mass is 201 g/mol. The molecule has 0 unspecified atom stereocenters. The largest absolute Gasteiger partial charge is 0.345 e. The molecule has 0 fully saturated rings. The molecular formula is C12H15N3. The average molecular weight is 201 g/mol. The van der Waals surface area contributed by atoms with Crippen molar-refractivity contribution in [2.75, 3.05) is 13.6 Å². The molecule has 0 saturated carbocycles.